The average Bonchev–Trinajstić information content (AvgIpc) is 3.43. The monoisotopic (exact) mass is 475 g/mol. The quantitative estimate of drug-likeness (QED) is 0.388. The third-order valence-corrected chi connectivity index (χ3v) is 7.37. The van der Waals surface area contributed by atoms with Crippen molar-refractivity contribution in [3.63, 3.8) is 0 Å². The predicted molar refractivity (Wildman–Crippen MR) is 141 cm³/mol. The van der Waals surface area contributed by atoms with Crippen LogP contribution in [-0.2, 0) is 4.79 Å². The lowest BCUT2D eigenvalue weighted by molar-refractivity contribution is -0.117. The average molecular weight is 476 g/mol. The van der Waals surface area contributed by atoms with Gasteiger partial charge in [0.1, 0.15) is 0 Å². The van der Waals surface area contributed by atoms with Gasteiger partial charge in [-0.2, -0.15) is 5.10 Å². The number of nitrogens with zero attached hydrogens (tertiary/aromatic N) is 4. The van der Waals surface area contributed by atoms with Crippen molar-refractivity contribution in [2.45, 2.75) is 46.5 Å². The summed E-state index contributed by atoms with van der Waals surface area (Å²) in [5.41, 5.74) is 4.66. The molecule has 1 aliphatic heterocycles. The van der Waals surface area contributed by atoms with Crippen LogP contribution in [0.2, 0.25) is 0 Å². The Morgan fingerprint density at radius 3 is 2.41 bits per heavy atom. The van der Waals surface area contributed by atoms with Gasteiger partial charge in [0.2, 0.25) is 5.91 Å². The zero-order chi connectivity index (χ0) is 24.1. The van der Waals surface area contributed by atoms with Crippen molar-refractivity contribution in [2.24, 2.45) is 0 Å². The van der Waals surface area contributed by atoms with E-state index in [2.05, 4.69) is 33.5 Å². The number of aryl methyl sites for hydroxylation is 1. The molecule has 2 aromatic heterocycles. The molecule has 0 unspecified atom stereocenters. The minimum Gasteiger partial charge on any atom is -0.322 e. The van der Waals surface area contributed by atoms with Gasteiger partial charge in [0.05, 0.1) is 44.5 Å². The van der Waals surface area contributed by atoms with E-state index >= 15 is 0 Å². The summed E-state index contributed by atoms with van der Waals surface area (Å²) in [6.45, 7) is 10.2. The summed E-state index contributed by atoms with van der Waals surface area (Å²) in [6.07, 6.45) is 2.08. The molecular weight excluding hydrogens is 442 g/mol. The second-order valence-electron chi connectivity index (χ2n) is 8.41. The van der Waals surface area contributed by atoms with E-state index in [0.717, 1.165) is 54.2 Å². The smallest absolute Gasteiger partial charge is 0.238 e. The molecule has 0 radical (unpaired) electrons. The van der Waals surface area contributed by atoms with E-state index in [-0.39, 0.29) is 5.91 Å². The molecule has 34 heavy (non-hydrogen) atoms. The van der Waals surface area contributed by atoms with Crippen molar-refractivity contribution in [3.8, 4) is 5.69 Å². The first-order chi connectivity index (χ1) is 16.6. The van der Waals surface area contributed by atoms with Gasteiger partial charge < -0.3 is 5.32 Å². The van der Waals surface area contributed by atoms with Gasteiger partial charge in [-0.15, -0.1) is 11.3 Å². The van der Waals surface area contributed by atoms with Crippen LogP contribution in [0.5, 0.6) is 0 Å². The number of benzene rings is 2. The molecule has 6 nitrogen and oxygen atoms in total. The number of rotatable bonds is 5. The van der Waals surface area contributed by atoms with Crippen molar-refractivity contribution in [1.82, 2.24) is 19.7 Å². The number of anilines is 1. The maximum atomic E-state index is 12.8. The molecule has 1 N–H and O–H groups in total. The van der Waals surface area contributed by atoms with Gasteiger partial charge in [0.15, 0.2) is 0 Å². The van der Waals surface area contributed by atoms with Gasteiger partial charge in [0, 0.05) is 5.92 Å². The van der Waals surface area contributed by atoms with E-state index in [9.17, 15) is 4.79 Å². The molecule has 0 bridgehead atoms. The van der Waals surface area contributed by atoms with Crippen molar-refractivity contribution >= 4 is 33.1 Å². The number of carbonyl (C=O) groups is 1. The number of hydrogen-bond donors (Lipinski definition) is 1. The third kappa shape index (κ3) is 5.21. The molecule has 0 saturated carbocycles. The molecule has 7 heteroatoms. The molecule has 0 aliphatic carbocycles. The first-order valence-corrected chi connectivity index (χ1v) is 12.9. The van der Waals surface area contributed by atoms with Crippen LogP contribution in [0.1, 0.15) is 49.0 Å². The van der Waals surface area contributed by atoms with Crippen LogP contribution in [0.4, 0.5) is 5.69 Å². The summed E-state index contributed by atoms with van der Waals surface area (Å²) < 4.78 is 3.14. The van der Waals surface area contributed by atoms with Crippen LogP contribution in [0.3, 0.4) is 0 Å². The van der Waals surface area contributed by atoms with Crippen LogP contribution in [0, 0.1) is 13.8 Å². The molecule has 3 heterocycles. The molecule has 178 valence electrons. The highest BCUT2D eigenvalue weighted by Gasteiger charge is 2.25. The first kappa shape index (κ1) is 24.1. The second-order valence-corrected chi connectivity index (χ2v) is 9.47. The van der Waals surface area contributed by atoms with Crippen LogP contribution >= 0.6 is 11.3 Å². The minimum atomic E-state index is 0.0160. The lowest BCUT2D eigenvalue weighted by Crippen LogP contribution is -2.38. The van der Waals surface area contributed by atoms with Crippen molar-refractivity contribution < 1.29 is 4.79 Å². The lowest BCUT2D eigenvalue weighted by atomic mass is 9.97. The maximum Gasteiger partial charge on any atom is 0.238 e. The number of aromatic nitrogens is 3. The van der Waals surface area contributed by atoms with Crippen molar-refractivity contribution in [1.29, 1.82) is 0 Å². The highest BCUT2D eigenvalue weighted by Crippen LogP contribution is 2.33. The molecule has 0 spiro atoms. The number of thiazole rings is 1. The number of hydrogen-bond acceptors (Lipinski definition) is 5. The second kappa shape index (κ2) is 10.9. The van der Waals surface area contributed by atoms with E-state index < -0.39 is 0 Å². The number of fused-ring (bicyclic) bond motifs is 1. The SMILES string of the molecule is CC.Cc1nn(-c2ccccc2)c(C)c1NC(=O)CN1CCC(c2nc3ccccc3s2)CC1. The van der Waals surface area contributed by atoms with Crippen LogP contribution in [0.25, 0.3) is 15.9 Å². The molecule has 4 aromatic rings. The topological polar surface area (TPSA) is 63.1 Å². The highest BCUT2D eigenvalue weighted by atomic mass is 32.1. The van der Waals surface area contributed by atoms with Crippen LogP contribution < -0.4 is 5.32 Å². The Hall–Kier alpha value is -3.03. The summed E-state index contributed by atoms with van der Waals surface area (Å²) in [5.74, 6) is 0.502. The Morgan fingerprint density at radius 2 is 1.71 bits per heavy atom. The standard InChI is InChI=1S/C25H27N5OS.C2H6/c1-17-24(18(2)30(28-17)20-8-4-3-5-9-20)27-23(31)16-29-14-12-19(13-15-29)25-26-21-10-6-7-11-22(21)32-25;1-2/h3-11,19H,12-16H2,1-2H3,(H,27,31);1-2H3. The molecule has 1 saturated heterocycles. The fourth-order valence-electron chi connectivity index (χ4n) is 4.43. The fourth-order valence-corrected chi connectivity index (χ4v) is 5.57. The predicted octanol–water partition coefficient (Wildman–Crippen LogP) is 5.94. The third-order valence-electron chi connectivity index (χ3n) is 6.17. The van der Waals surface area contributed by atoms with Gasteiger partial charge in [-0.3, -0.25) is 9.69 Å². The van der Waals surface area contributed by atoms with E-state index in [1.54, 1.807) is 11.3 Å². The van der Waals surface area contributed by atoms with Crippen molar-refractivity contribution in [3.05, 3.63) is 71.0 Å². The maximum absolute atomic E-state index is 12.8. The zero-order valence-electron chi connectivity index (χ0n) is 20.4. The van der Waals surface area contributed by atoms with Crippen LogP contribution in [0.15, 0.2) is 54.6 Å². The number of amides is 1. The Morgan fingerprint density at radius 1 is 1.03 bits per heavy atom. The fraction of sp³-hybridized carbons (Fsp3) is 0.370. The largest absolute Gasteiger partial charge is 0.322 e. The zero-order valence-corrected chi connectivity index (χ0v) is 21.2. The van der Waals surface area contributed by atoms with E-state index in [0.29, 0.717) is 12.5 Å². The summed E-state index contributed by atoms with van der Waals surface area (Å²) in [7, 11) is 0. The molecule has 5 rings (SSSR count). The van der Waals surface area contributed by atoms with Crippen LogP contribution in [-0.4, -0.2) is 45.2 Å². The Kier molecular flexibility index (Phi) is 7.75. The van der Waals surface area contributed by atoms with Gasteiger partial charge in [-0.1, -0.05) is 44.2 Å². The van der Waals surface area contributed by atoms with Gasteiger partial charge >= 0.3 is 0 Å². The van der Waals surface area contributed by atoms with Gasteiger partial charge in [-0.25, -0.2) is 9.67 Å². The molecule has 2 aromatic carbocycles. The molecule has 1 fully saturated rings. The Labute approximate surface area is 205 Å². The molecule has 1 amide bonds. The minimum absolute atomic E-state index is 0.0160. The Bertz CT molecular complexity index is 1210. The number of carbonyl (C=O) groups excluding carboxylic acids is 1. The first-order valence-electron chi connectivity index (χ1n) is 12.1. The summed E-state index contributed by atoms with van der Waals surface area (Å²) in [6, 6.07) is 18.3. The number of likely N-dealkylation sites (tertiary alicyclic amines) is 1. The van der Waals surface area contributed by atoms with E-state index in [1.807, 2.05) is 68.8 Å². The Balaban J connectivity index is 0.00000133. The molecule has 0 atom stereocenters. The normalized spacial score (nSPS) is 14.6. The summed E-state index contributed by atoms with van der Waals surface area (Å²) in [4.78, 5) is 19.9. The lowest BCUT2D eigenvalue weighted by Gasteiger charge is -2.30. The van der Waals surface area contributed by atoms with Gasteiger partial charge in [0.25, 0.3) is 0 Å². The highest BCUT2D eigenvalue weighted by molar-refractivity contribution is 7.18. The van der Waals surface area contributed by atoms with E-state index in [1.165, 1.54) is 9.71 Å². The number of piperidine rings is 1. The molecule has 1 aliphatic rings. The van der Waals surface area contributed by atoms with E-state index in [4.69, 9.17) is 4.98 Å². The van der Waals surface area contributed by atoms with Gasteiger partial charge in [-0.05, 0) is 64.0 Å². The molecular formula is C27H33N5OS. The number of para-hydroxylation sites is 2. The number of nitrogens with one attached hydrogen (secondary N) is 1. The summed E-state index contributed by atoms with van der Waals surface area (Å²) >= 11 is 1.81. The summed E-state index contributed by atoms with van der Waals surface area (Å²) in [5, 5.41) is 8.96. The van der Waals surface area contributed by atoms with Crippen molar-refractivity contribution in [2.75, 3.05) is 25.0 Å².